The number of nitrogens with zero attached hydrogens (tertiary/aromatic N) is 3. The van der Waals surface area contributed by atoms with Gasteiger partial charge in [-0.15, -0.1) is 0 Å². The fraction of sp³-hybridized carbons (Fsp3) is 0.444. The maximum atomic E-state index is 10.9. The van der Waals surface area contributed by atoms with Gasteiger partial charge in [-0.3, -0.25) is 4.90 Å². The third-order valence-electron chi connectivity index (χ3n) is 4.80. The molecule has 5 rings (SSSR count). The summed E-state index contributed by atoms with van der Waals surface area (Å²) in [6.45, 7) is 4.60. The topological polar surface area (TPSA) is 62.4 Å². The molecule has 23 heavy (non-hydrogen) atoms. The van der Waals surface area contributed by atoms with Gasteiger partial charge < -0.3 is 9.63 Å². The molecule has 3 aliphatic rings. The summed E-state index contributed by atoms with van der Waals surface area (Å²) in [4.78, 5) is 6.53. The summed E-state index contributed by atoms with van der Waals surface area (Å²) in [5, 5.41) is 14.8. The molecule has 4 heterocycles. The summed E-state index contributed by atoms with van der Waals surface area (Å²) in [6.07, 6.45) is 2.07. The smallest absolute Gasteiger partial charge is 0.223 e. The molecule has 1 atom stereocenters. The van der Waals surface area contributed by atoms with Gasteiger partial charge in [0.25, 0.3) is 0 Å². The van der Waals surface area contributed by atoms with Crippen molar-refractivity contribution in [1.82, 2.24) is 15.0 Å². The fourth-order valence-corrected chi connectivity index (χ4v) is 3.51. The van der Waals surface area contributed by atoms with E-state index in [-0.39, 0.29) is 0 Å². The quantitative estimate of drug-likeness (QED) is 0.815. The van der Waals surface area contributed by atoms with Crippen LogP contribution in [0.5, 0.6) is 0 Å². The summed E-state index contributed by atoms with van der Waals surface area (Å²) in [5.41, 5.74) is 0.847. The lowest BCUT2D eigenvalue weighted by atomic mass is 9.76. The number of aliphatic hydroxyl groups is 1. The van der Waals surface area contributed by atoms with Gasteiger partial charge in [-0.2, -0.15) is 4.98 Å². The third-order valence-corrected chi connectivity index (χ3v) is 4.80. The predicted octanol–water partition coefficient (Wildman–Crippen LogP) is 1.85. The van der Waals surface area contributed by atoms with Crippen LogP contribution >= 0.6 is 0 Å². The van der Waals surface area contributed by atoms with Gasteiger partial charge in [0.2, 0.25) is 11.7 Å². The molecular formula is C18H19N3O2. The first-order chi connectivity index (χ1) is 11.1. The molecule has 0 spiro atoms. The molecule has 1 aromatic heterocycles. The molecule has 1 aromatic carbocycles. The second kappa shape index (κ2) is 5.48. The molecule has 1 unspecified atom stereocenters. The molecule has 2 aromatic rings. The molecule has 3 fully saturated rings. The Morgan fingerprint density at radius 3 is 2.83 bits per heavy atom. The van der Waals surface area contributed by atoms with E-state index in [1.54, 1.807) is 6.92 Å². The van der Waals surface area contributed by atoms with Crippen LogP contribution in [0.25, 0.3) is 11.4 Å². The van der Waals surface area contributed by atoms with Crippen LogP contribution in [0, 0.1) is 24.7 Å². The Bertz CT molecular complexity index is 781. The third kappa shape index (κ3) is 2.76. The highest BCUT2D eigenvalue weighted by molar-refractivity contribution is 5.58. The van der Waals surface area contributed by atoms with Crippen molar-refractivity contribution in [3.8, 4) is 23.2 Å². The average Bonchev–Trinajstić information content (AvgIpc) is 3.01. The molecule has 0 amide bonds. The zero-order valence-electron chi connectivity index (χ0n) is 13.1. The van der Waals surface area contributed by atoms with E-state index in [1.165, 1.54) is 0 Å². The van der Waals surface area contributed by atoms with Crippen molar-refractivity contribution < 1.29 is 9.63 Å². The van der Waals surface area contributed by atoms with Crippen molar-refractivity contribution >= 4 is 0 Å². The summed E-state index contributed by atoms with van der Waals surface area (Å²) >= 11 is 0. The van der Waals surface area contributed by atoms with E-state index >= 15 is 0 Å². The summed E-state index contributed by atoms with van der Waals surface area (Å²) in [5.74, 6) is 7.67. The summed E-state index contributed by atoms with van der Waals surface area (Å²) < 4.78 is 5.02. The molecule has 0 radical (unpaired) electrons. The molecule has 5 heteroatoms. The van der Waals surface area contributed by atoms with E-state index in [2.05, 4.69) is 26.9 Å². The molecule has 118 valence electrons. The number of fused-ring (bicyclic) bond motifs is 3. The van der Waals surface area contributed by atoms with Crippen LogP contribution in [0.15, 0.2) is 28.8 Å². The van der Waals surface area contributed by atoms with E-state index < -0.39 is 5.60 Å². The van der Waals surface area contributed by atoms with Gasteiger partial charge >= 0.3 is 0 Å². The van der Waals surface area contributed by atoms with Gasteiger partial charge in [0, 0.05) is 30.5 Å². The number of aromatic nitrogens is 2. The fourth-order valence-electron chi connectivity index (χ4n) is 3.51. The molecule has 1 N–H and O–H groups in total. The second-order valence-corrected chi connectivity index (χ2v) is 6.44. The molecule has 5 nitrogen and oxygen atoms in total. The van der Waals surface area contributed by atoms with Crippen LogP contribution in [0.4, 0.5) is 0 Å². The van der Waals surface area contributed by atoms with Crippen LogP contribution in [0.3, 0.4) is 0 Å². The first kappa shape index (κ1) is 14.4. The zero-order chi connectivity index (χ0) is 15.9. The lowest BCUT2D eigenvalue weighted by Crippen LogP contribution is -2.58. The summed E-state index contributed by atoms with van der Waals surface area (Å²) in [6, 6.07) is 7.72. The van der Waals surface area contributed by atoms with Gasteiger partial charge in [-0.05, 0) is 38.1 Å². The van der Waals surface area contributed by atoms with Crippen molar-refractivity contribution in [3.05, 3.63) is 35.7 Å². The Labute approximate surface area is 135 Å². The Morgan fingerprint density at radius 2 is 2.17 bits per heavy atom. The minimum absolute atomic E-state index is 0.294. The molecule has 2 bridgehead atoms. The zero-order valence-corrected chi connectivity index (χ0v) is 13.1. The van der Waals surface area contributed by atoms with Crippen LogP contribution in [-0.2, 0) is 0 Å². The minimum Gasteiger partial charge on any atom is -0.376 e. The maximum absolute atomic E-state index is 10.9. The Balaban J connectivity index is 1.60. The van der Waals surface area contributed by atoms with Crippen molar-refractivity contribution in [1.29, 1.82) is 0 Å². The molecule has 3 saturated heterocycles. The van der Waals surface area contributed by atoms with Crippen molar-refractivity contribution in [2.24, 2.45) is 5.92 Å². The number of benzene rings is 1. The van der Waals surface area contributed by atoms with Gasteiger partial charge in [-0.25, -0.2) is 0 Å². The number of hydrogen-bond donors (Lipinski definition) is 1. The van der Waals surface area contributed by atoms with Crippen molar-refractivity contribution in [3.63, 3.8) is 0 Å². The van der Waals surface area contributed by atoms with E-state index in [4.69, 9.17) is 4.52 Å². The molecular weight excluding hydrogens is 290 g/mol. The van der Waals surface area contributed by atoms with E-state index in [0.29, 0.717) is 24.2 Å². The number of hydrogen-bond acceptors (Lipinski definition) is 5. The predicted molar refractivity (Wildman–Crippen MR) is 85.5 cm³/mol. The average molecular weight is 309 g/mol. The summed E-state index contributed by atoms with van der Waals surface area (Å²) in [7, 11) is 0. The highest BCUT2D eigenvalue weighted by atomic mass is 16.5. The Morgan fingerprint density at radius 1 is 1.35 bits per heavy atom. The van der Waals surface area contributed by atoms with Gasteiger partial charge in [0.1, 0.15) is 5.60 Å². The number of rotatable bonds is 1. The minimum atomic E-state index is -0.880. The SMILES string of the molecule is Cc1nc(-c2cccc(C#CC3(O)CN4CCC3CC4)c2)no1. The van der Waals surface area contributed by atoms with E-state index in [0.717, 1.165) is 37.1 Å². The largest absolute Gasteiger partial charge is 0.376 e. The molecule has 0 saturated carbocycles. The normalized spacial score (nSPS) is 29.1. The van der Waals surface area contributed by atoms with E-state index in [1.807, 2.05) is 24.3 Å². The van der Waals surface area contributed by atoms with Crippen LogP contribution < -0.4 is 0 Å². The van der Waals surface area contributed by atoms with Crippen molar-refractivity contribution in [2.45, 2.75) is 25.4 Å². The van der Waals surface area contributed by atoms with Gasteiger partial charge in [0.05, 0.1) is 0 Å². The molecule has 3 aliphatic heterocycles. The standard InChI is InChI=1S/C18H19N3O2/c1-13-19-17(20-23-13)15-4-2-3-14(11-15)5-8-18(22)12-21-9-6-16(18)7-10-21/h2-4,11,16,22H,6-7,9-10,12H2,1H3. The number of aryl methyl sites for hydroxylation is 1. The lowest BCUT2D eigenvalue weighted by molar-refractivity contribution is -0.0713. The first-order valence-corrected chi connectivity index (χ1v) is 8.01. The highest BCUT2D eigenvalue weighted by Crippen LogP contribution is 2.35. The lowest BCUT2D eigenvalue weighted by Gasteiger charge is -2.47. The van der Waals surface area contributed by atoms with Gasteiger partial charge in [0.15, 0.2) is 0 Å². The number of piperidine rings is 3. The van der Waals surface area contributed by atoms with Crippen molar-refractivity contribution in [2.75, 3.05) is 19.6 Å². The first-order valence-electron chi connectivity index (χ1n) is 8.01. The Kier molecular flexibility index (Phi) is 3.44. The van der Waals surface area contributed by atoms with Crippen LogP contribution in [0.2, 0.25) is 0 Å². The monoisotopic (exact) mass is 309 g/mol. The Hall–Kier alpha value is -2.16. The highest BCUT2D eigenvalue weighted by Gasteiger charge is 2.44. The van der Waals surface area contributed by atoms with Gasteiger partial charge in [-0.1, -0.05) is 29.1 Å². The second-order valence-electron chi connectivity index (χ2n) is 6.44. The maximum Gasteiger partial charge on any atom is 0.223 e. The molecule has 0 aliphatic carbocycles. The van der Waals surface area contributed by atoms with Crippen LogP contribution in [-0.4, -0.2) is 45.4 Å². The van der Waals surface area contributed by atoms with E-state index in [9.17, 15) is 5.11 Å². The van der Waals surface area contributed by atoms with Crippen LogP contribution in [0.1, 0.15) is 24.3 Å².